The molecule has 7 nitrogen and oxygen atoms in total. The Morgan fingerprint density at radius 2 is 2.12 bits per heavy atom. The van der Waals surface area contributed by atoms with Crippen LogP contribution in [0.25, 0.3) is 10.7 Å². The second-order valence-electron chi connectivity index (χ2n) is 8.14. The number of thiazole rings is 1. The maximum Gasteiger partial charge on any atom is 0.432 e. The lowest BCUT2D eigenvalue weighted by molar-refractivity contribution is -0.141. The third kappa shape index (κ3) is 4.32. The molecule has 3 aromatic rings. The summed E-state index contributed by atoms with van der Waals surface area (Å²) in [5.74, 6) is -0.427. The summed E-state index contributed by atoms with van der Waals surface area (Å²) in [5.41, 5.74) is -0.341. The Kier molecular flexibility index (Phi) is 5.57. The highest BCUT2D eigenvalue weighted by atomic mass is 32.1. The molecule has 2 aliphatic rings. The minimum atomic E-state index is -4.56. The molecule has 5 rings (SSSR count). The maximum absolute atomic E-state index is 14.8. The standard InChI is InChI=1S/C21H20F4N6OS/c22-12-2-1-3-13(18(12)31-7-5-11-4-6-26-15(11)9-31)27-19(32)16-10-33-20(28-16)14-8-17(30-29-14)21(23,24)25/h1-3,8,10-11,15,26H,4-7,9H2,(H,27,32)(H,29,30). The number of amides is 1. The highest BCUT2D eigenvalue weighted by Gasteiger charge is 2.35. The molecule has 0 bridgehead atoms. The van der Waals surface area contributed by atoms with Gasteiger partial charge in [0.25, 0.3) is 5.91 Å². The number of benzene rings is 1. The topological polar surface area (TPSA) is 85.9 Å². The molecule has 2 unspecified atom stereocenters. The predicted molar refractivity (Wildman–Crippen MR) is 116 cm³/mol. The van der Waals surface area contributed by atoms with Gasteiger partial charge in [0, 0.05) is 24.5 Å². The van der Waals surface area contributed by atoms with Crippen molar-refractivity contribution in [2.75, 3.05) is 29.9 Å². The summed E-state index contributed by atoms with van der Waals surface area (Å²) in [5, 5.41) is 13.3. The van der Waals surface area contributed by atoms with E-state index in [1.54, 1.807) is 6.07 Å². The Balaban J connectivity index is 1.35. The van der Waals surface area contributed by atoms with Crippen LogP contribution in [0.3, 0.4) is 0 Å². The van der Waals surface area contributed by atoms with Gasteiger partial charge in [-0.1, -0.05) is 6.07 Å². The van der Waals surface area contributed by atoms with Crippen LogP contribution in [0.1, 0.15) is 29.0 Å². The van der Waals surface area contributed by atoms with Crippen molar-refractivity contribution in [1.29, 1.82) is 0 Å². The van der Waals surface area contributed by atoms with Crippen molar-refractivity contribution >= 4 is 28.6 Å². The van der Waals surface area contributed by atoms with E-state index in [2.05, 4.69) is 20.7 Å². The van der Waals surface area contributed by atoms with Gasteiger partial charge in [0.2, 0.25) is 0 Å². The van der Waals surface area contributed by atoms with Crippen molar-refractivity contribution in [2.24, 2.45) is 5.92 Å². The molecule has 33 heavy (non-hydrogen) atoms. The SMILES string of the molecule is O=C(Nc1cccc(F)c1N1CCC2CCNC2C1)c1csc(-c2cc(C(F)(F)F)[nH]n2)n1. The summed E-state index contributed by atoms with van der Waals surface area (Å²) in [6.45, 7) is 2.29. The maximum atomic E-state index is 14.8. The monoisotopic (exact) mass is 480 g/mol. The number of hydrogen-bond donors (Lipinski definition) is 3. The zero-order valence-corrected chi connectivity index (χ0v) is 18.1. The fourth-order valence-electron chi connectivity index (χ4n) is 4.43. The van der Waals surface area contributed by atoms with Gasteiger partial charge >= 0.3 is 6.18 Å². The van der Waals surface area contributed by atoms with Gasteiger partial charge < -0.3 is 15.5 Å². The van der Waals surface area contributed by atoms with Crippen LogP contribution in [0.5, 0.6) is 0 Å². The van der Waals surface area contributed by atoms with Crippen molar-refractivity contribution in [2.45, 2.75) is 25.1 Å². The highest BCUT2D eigenvalue weighted by molar-refractivity contribution is 7.13. The van der Waals surface area contributed by atoms with Crippen LogP contribution in [0.4, 0.5) is 28.9 Å². The van der Waals surface area contributed by atoms with Crippen LogP contribution in [0.2, 0.25) is 0 Å². The summed E-state index contributed by atoms with van der Waals surface area (Å²) in [6.07, 6.45) is -2.50. The number of nitrogens with one attached hydrogen (secondary N) is 3. The zero-order chi connectivity index (χ0) is 23.2. The van der Waals surface area contributed by atoms with Gasteiger partial charge in [-0.05, 0) is 43.5 Å². The number of rotatable bonds is 4. The van der Waals surface area contributed by atoms with Gasteiger partial charge in [0.1, 0.15) is 27.9 Å². The number of halogens is 4. The zero-order valence-electron chi connectivity index (χ0n) is 17.2. The van der Waals surface area contributed by atoms with E-state index in [0.717, 1.165) is 36.8 Å². The summed E-state index contributed by atoms with van der Waals surface area (Å²) in [6, 6.07) is 5.63. The van der Waals surface area contributed by atoms with Gasteiger partial charge in [0.15, 0.2) is 0 Å². The number of H-pyrrole nitrogens is 1. The van der Waals surface area contributed by atoms with E-state index in [1.807, 2.05) is 10.00 Å². The van der Waals surface area contributed by atoms with Crippen LogP contribution in [-0.2, 0) is 6.18 Å². The number of carbonyl (C=O) groups is 1. The summed E-state index contributed by atoms with van der Waals surface area (Å²) in [7, 11) is 0. The third-order valence-electron chi connectivity index (χ3n) is 6.07. The normalized spacial score (nSPS) is 20.7. The Morgan fingerprint density at radius 1 is 1.27 bits per heavy atom. The van der Waals surface area contributed by atoms with E-state index in [0.29, 0.717) is 36.4 Å². The molecule has 0 radical (unpaired) electrons. The first kappa shape index (κ1) is 21.8. The number of para-hydroxylation sites is 1. The molecule has 4 heterocycles. The number of anilines is 2. The average Bonchev–Trinajstić information content (AvgIpc) is 3.52. The third-order valence-corrected chi connectivity index (χ3v) is 6.93. The number of nitrogens with zero attached hydrogens (tertiary/aromatic N) is 3. The second kappa shape index (κ2) is 8.41. The molecular weight excluding hydrogens is 460 g/mol. The number of fused-ring (bicyclic) bond motifs is 1. The minimum Gasteiger partial charge on any atom is -0.366 e. The first-order chi connectivity index (χ1) is 15.8. The van der Waals surface area contributed by atoms with Gasteiger partial charge in [0.05, 0.1) is 11.4 Å². The van der Waals surface area contributed by atoms with Crippen molar-refractivity contribution in [3.8, 4) is 10.7 Å². The molecule has 0 saturated carbocycles. The van der Waals surface area contributed by atoms with Crippen LogP contribution >= 0.6 is 11.3 Å². The number of hydrogen-bond acceptors (Lipinski definition) is 6. The molecule has 2 aliphatic heterocycles. The molecule has 3 N–H and O–H groups in total. The molecule has 2 fully saturated rings. The first-order valence-corrected chi connectivity index (χ1v) is 11.3. The van der Waals surface area contributed by atoms with Crippen molar-refractivity contribution in [1.82, 2.24) is 20.5 Å². The van der Waals surface area contributed by atoms with Crippen LogP contribution in [-0.4, -0.2) is 46.8 Å². The Morgan fingerprint density at radius 3 is 2.91 bits per heavy atom. The Bertz CT molecular complexity index is 1180. The van der Waals surface area contributed by atoms with Gasteiger partial charge in [-0.2, -0.15) is 18.3 Å². The lowest BCUT2D eigenvalue weighted by atomic mass is 9.92. The van der Waals surface area contributed by atoms with E-state index in [4.69, 9.17) is 0 Å². The van der Waals surface area contributed by atoms with Crippen molar-refractivity contribution in [3.63, 3.8) is 0 Å². The van der Waals surface area contributed by atoms with Crippen LogP contribution in [0.15, 0.2) is 29.6 Å². The predicted octanol–water partition coefficient (Wildman–Crippen LogP) is 4.13. The molecule has 1 aromatic carbocycles. The number of alkyl halides is 3. The highest BCUT2D eigenvalue weighted by Crippen LogP contribution is 2.35. The van der Waals surface area contributed by atoms with Gasteiger partial charge in [-0.25, -0.2) is 9.37 Å². The number of aromatic amines is 1. The first-order valence-electron chi connectivity index (χ1n) is 10.5. The van der Waals surface area contributed by atoms with Crippen molar-refractivity contribution < 1.29 is 22.4 Å². The molecule has 2 aromatic heterocycles. The lowest BCUT2D eigenvalue weighted by Crippen LogP contribution is -2.47. The van der Waals surface area contributed by atoms with E-state index >= 15 is 0 Å². The summed E-state index contributed by atoms with van der Waals surface area (Å²) < 4.78 is 53.2. The Hall–Kier alpha value is -2.99. The van der Waals surface area contributed by atoms with E-state index in [-0.39, 0.29) is 16.4 Å². The summed E-state index contributed by atoms with van der Waals surface area (Å²) >= 11 is 0.997. The number of piperidine rings is 1. The molecule has 1 amide bonds. The second-order valence-corrected chi connectivity index (χ2v) is 8.99. The largest absolute Gasteiger partial charge is 0.432 e. The number of aromatic nitrogens is 3. The van der Waals surface area contributed by atoms with Gasteiger partial charge in [-0.15, -0.1) is 11.3 Å². The average molecular weight is 480 g/mol. The van der Waals surface area contributed by atoms with E-state index in [9.17, 15) is 22.4 Å². The molecular formula is C21H20F4N6OS. The van der Waals surface area contributed by atoms with Crippen molar-refractivity contribution in [3.05, 3.63) is 46.9 Å². The Labute approximate surface area is 190 Å². The van der Waals surface area contributed by atoms with E-state index in [1.165, 1.54) is 17.5 Å². The molecule has 12 heteroatoms. The van der Waals surface area contributed by atoms with Crippen LogP contribution < -0.4 is 15.5 Å². The molecule has 174 valence electrons. The van der Waals surface area contributed by atoms with Gasteiger partial charge in [-0.3, -0.25) is 9.89 Å². The molecule has 0 spiro atoms. The fourth-order valence-corrected chi connectivity index (χ4v) is 5.19. The minimum absolute atomic E-state index is 0.00949. The number of carbonyl (C=O) groups excluding carboxylic acids is 1. The van der Waals surface area contributed by atoms with Crippen LogP contribution in [0, 0.1) is 11.7 Å². The van der Waals surface area contributed by atoms with E-state index < -0.39 is 23.6 Å². The smallest absolute Gasteiger partial charge is 0.366 e. The molecule has 2 atom stereocenters. The molecule has 0 aliphatic carbocycles. The summed E-state index contributed by atoms with van der Waals surface area (Å²) in [4.78, 5) is 18.9. The lowest BCUT2D eigenvalue weighted by Gasteiger charge is -2.37. The fraction of sp³-hybridized carbons (Fsp3) is 0.381. The molecule has 2 saturated heterocycles. The quantitative estimate of drug-likeness (QED) is 0.489.